The van der Waals surface area contributed by atoms with E-state index >= 15 is 0 Å². The first kappa shape index (κ1) is 12.4. The third-order valence-corrected chi connectivity index (χ3v) is 3.41. The highest BCUT2D eigenvalue weighted by atomic mass is 19.1. The molecule has 2 rings (SSSR count). The molecule has 2 unspecified atom stereocenters. The molecule has 2 nitrogen and oxygen atoms in total. The van der Waals surface area contributed by atoms with Gasteiger partial charge in [0.1, 0.15) is 0 Å². The molecule has 1 aromatic carbocycles. The van der Waals surface area contributed by atoms with Crippen molar-refractivity contribution in [2.75, 3.05) is 13.1 Å². The van der Waals surface area contributed by atoms with Gasteiger partial charge < -0.3 is 5.11 Å². The molecule has 94 valence electrons. The molecular weight excluding hydrogens is 217 g/mol. The molecule has 17 heavy (non-hydrogen) atoms. The zero-order chi connectivity index (χ0) is 12.4. The van der Waals surface area contributed by atoms with Crippen molar-refractivity contribution in [2.45, 2.75) is 26.8 Å². The quantitative estimate of drug-likeness (QED) is 0.854. The van der Waals surface area contributed by atoms with Crippen LogP contribution in [-0.4, -0.2) is 23.1 Å². The molecule has 1 aliphatic rings. The fourth-order valence-corrected chi connectivity index (χ4v) is 2.85. The molecule has 0 radical (unpaired) electrons. The summed E-state index contributed by atoms with van der Waals surface area (Å²) in [4.78, 5) is 2.30. The molecule has 1 saturated heterocycles. The summed E-state index contributed by atoms with van der Waals surface area (Å²) in [6.07, 6.45) is 1.26. The summed E-state index contributed by atoms with van der Waals surface area (Å²) in [6.45, 7) is 7.18. The minimum Gasteiger partial charge on any atom is -0.505 e. The van der Waals surface area contributed by atoms with Crippen LogP contribution in [-0.2, 0) is 6.54 Å². The summed E-state index contributed by atoms with van der Waals surface area (Å²) in [5, 5.41) is 9.66. The molecule has 2 atom stereocenters. The fraction of sp³-hybridized carbons (Fsp3) is 0.571. The molecule has 0 amide bonds. The van der Waals surface area contributed by atoms with Gasteiger partial charge in [0.15, 0.2) is 11.6 Å². The second-order valence-corrected chi connectivity index (χ2v) is 5.39. The highest BCUT2D eigenvalue weighted by Crippen LogP contribution is 2.26. The number of halogens is 1. The lowest BCUT2D eigenvalue weighted by molar-refractivity contribution is 0.133. The van der Waals surface area contributed by atoms with Crippen molar-refractivity contribution in [3.05, 3.63) is 29.6 Å². The lowest BCUT2D eigenvalue weighted by Gasteiger charge is -2.35. The summed E-state index contributed by atoms with van der Waals surface area (Å²) in [5.41, 5.74) is 0.686. The van der Waals surface area contributed by atoms with Crippen LogP contribution >= 0.6 is 0 Å². The maximum Gasteiger partial charge on any atom is 0.165 e. The Kier molecular flexibility index (Phi) is 3.67. The Balaban J connectivity index is 2.07. The molecule has 0 bridgehead atoms. The second-order valence-electron chi connectivity index (χ2n) is 5.39. The molecule has 1 aliphatic heterocycles. The zero-order valence-corrected chi connectivity index (χ0v) is 10.5. The lowest BCUT2D eigenvalue weighted by Crippen LogP contribution is -2.38. The van der Waals surface area contributed by atoms with Crippen LogP contribution < -0.4 is 0 Å². The van der Waals surface area contributed by atoms with Crippen molar-refractivity contribution >= 4 is 0 Å². The summed E-state index contributed by atoms with van der Waals surface area (Å²) in [5.74, 6) is 0.628. The van der Waals surface area contributed by atoms with Crippen LogP contribution in [0.4, 0.5) is 4.39 Å². The van der Waals surface area contributed by atoms with Crippen LogP contribution in [0.1, 0.15) is 25.8 Å². The first-order valence-corrected chi connectivity index (χ1v) is 6.25. The van der Waals surface area contributed by atoms with E-state index in [-0.39, 0.29) is 5.75 Å². The van der Waals surface area contributed by atoms with Gasteiger partial charge in [0, 0.05) is 25.2 Å². The topological polar surface area (TPSA) is 23.5 Å². The van der Waals surface area contributed by atoms with Gasteiger partial charge in [-0.25, -0.2) is 4.39 Å². The largest absolute Gasteiger partial charge is 0.505 e. The number of hydrogen-bond donors (Lipinski definition) is 1. The van der Waals surface area contributed by atoms with Crippen molar-refractivity contribution in [1.29, 1.82) is 0 Å². The molecule has 0 spiro atoms. The number of aromatic hydroxyl groups is 1. The molecule has 0 aromatic heterocycles. The fourth-order valence-electron chi connectivity index (χ4n) is 2.85. The van der Waals surface area contributed by atoms with E-state index in [4.69, 9.17) is 0 Å². The maximum atomic E-state index is 13.2. The normalized spacial score (nSPS) is 26.1. The predicted molar refractivity (Wildman–Crippen MR) is 66.3 cm³/mol. The molecule has 1 aromatic rings. The molecule has 0 aliphatic carbocycles. The van der Waals surface area contributed by atoms with E-state index in [0.717, 1.165) is 13.1 Å². The van der Waals surface area contributed by atoms with E-state index in [0.29, 0.717) is 23.9 Å². The first-order valence-electron chi connectivity index (χ1n) is 6.25. The Morgan fingerprint density at radius 3 is 2.59 bits per heavy atom. The average molecular weight is 237 g/mol. The number of para-hydroxylation sites is 1. The second kappa shape index (κ2) is 5.05. The SMILES string of the molecule is CC1CC(C)CN(Cc2cccc(F)c2O)C1. The van der Waals surface area contributed by atoms with Crippen LogP contribution in [0.25, 0.3) is 0 Å². The Morgan fingerprint density at radius 2 is 1.94 bits per heavy atom. The van der Waals surface area contributed by atoms with E-state index in [9.17, 15) is 9.50 Å². The van der Waals surface area contributed by atoms with Crippen molar-refractivity contribution in [1.82, 2.24) is 4.90 Å². The Morgan fingerprint density at radius 1 is 1.29 bits per heavy atom. The van der Waals surface area contributed by atoms with Gasteiger partial charge in [-0.3, -0.25) is 4.90 Å². The van der Waals surface area contributed by atoms with Crippen LogP contribution in [0.3, 0.4) is 0 Å². The van der Waals surface area contributed by atoms with Gasteiger partial charge in [-0.05, 0) is 24.3 Å². The molecule has 1 fully saturated rings. The Bertz CT molecular complexity index is 384. The van der Waals surface area contributed by atoms with E-state index in [1.54, 1.807) is 12.1 Å². The van der Waals surface area contributed by atoms with Crippen molar-refractivity contribution in [3.63, 3.8) is 0 Å². The Labute approximate surface area is 102 Å². The number of piperidine rings is 1. The van der Waals surface area contributed by atoms with Gasteiger partial charge >= 0.3 is 0 Å². The zero-order valence-electron chi connectivity index (χ0n) is 10.5. The highest BCUT2D eigenvalue weighted by molar-refractivity contribution is 5.33. The smallest absolute Gasteiger partial charge is 0.165 e. The first-order chi connectivity index (χ1) is 8.06. The standard InChI is InChI=1S/C14H20FNO/c1-10-6-11(2)8-16(7-10)9-12-4-3-5-13(15)14(12)17/h3-5,10-11,17H,6-9H2,1-2H3. The van der Waals surface area contributed by atoms with Crippen LogP contribution in [0.15, 0.2) is 18.2 Å². The van der Waals surface area contributed by atoms with Gasteiger partial charge in [-0.2, -0.15) is 0 Å². The summed E-state index contributed by atoms with van der Waals surface area (Å²) >= 11 is 0. The number of likely N-dealkylation sites (tertiary alicyclic amines) is 1. The van der Waals surface area contributed by atoms with E-state index in [2.05, 4.69) is 18.7 Å². The third-order valence-electron chi connectivity index (χ3n) is 3.41. The van der Waals surface area contributed by atoms with E-state index in [1.165, 1.54) is 12.5 Å². The van der Waals surface area contributed by atoms with Crippen molar-refractivity contribution in [2.24, 2.45) is 11.8 Å². The average Bonchev–Trinajstić information content (AvgIpc) is 2.23. The van der Waals surface area contributed by atoms with Gasteiger partial charge in [0.25, 0.3) is 0 Å². The van der Waals surface area contributed by atoms with Crippen molar-refractivity contribution in [3.8, 4) is 5.75 Å². The molecule has 1 N–H and O–H groups in total. The summed E-state index contributed by atoms with van der Waals surface area (Å²) < 4.78 is 13.2. The number of benzene rings is 1. The van der Waals surface area contributed by atoms with Crippen molar-refractivity contribution < 1.29 is 9.50 Å². The maximum absolute atomic E-state index is 13.2. The van der Waals surface area contributed by atoms with E-state index in [1.807, 2.05) is 0 Å². The summed E-state index contributed by atoms with van der Waals surface area (Å²) in [7, 11) is 0. The van der Waals surface area contributed by atoms with Crippen LogP contribution in [0.2, 0.25) is 0 Å². The molecular formula is C14H20FNO. The molecule has 0 saturated carbocycles. The number of phenols is 1. The highest BCUT2D eigenvalue weighted by Gasteiger charge is 2.22. The number of hydrogen-bond acceptors (Lipinski definition) is 2. The minimum atomic E-state index is -0.527. The van der Waals surface area contributed by atoms with Gasteiger partial charge in [-0.15, -0.1) is 0 Å². The van der Waals surface area contributed by atoms with E-state index < -0.39 is 5.82 Å². The third kappa shape index (κ3) is 2.97. The van der Waals surface area contributed by atoms with Gasteiger partial charge in [0.2, 0.25) is 0 Å². The Hall–Kier alpha value is -1.09. The molecule has 3 heteroatoms. The van der Waals surface area contributed by atoms with Gasteiger partial charge in [-0.1, -0.05) is 26.0 Å². The summed E-state index contributed by atoms with van der Waals surface area (Å²) in [6, 6.07) is 4.74. The lowest BCUT2D eigenvalue weighted by atomic mass is 9.91. The number of phenolic OH excluding ortho intramolecular Hbond substituents is 1. The minimum absolute atomic E-state index is 0.196. The molecule has 1 heterocycles. The predicted octanol–water partition coefficient (Wildman–Crippen LogP) is 3.01. The van der Waals surface area contributed by atoms with Gasteiger partial charge in [0.05, 0.1) is 0 Å². The number of nitrogens with zero attached hydrogens (tertiary/aromatic N) is 1. The van der Waals surface area contributed by atoms with Crippen LogP contribution in [0, 0.1) is 17.7 Å². The van der Waals surface area contributed by atoms with Crippen LogP contribution in [0.5, 0.6) is 5.75 Å². The monoisotopic (exact) mass is 237 g/mol. The number of rotatable bonds is 2.